The average Bonchev–Trinajstić information content (AvgIpc) is 2.00. The van der Waals surface area contributed by atoms with Crippen LogP contribution in [0, 0.1) is 0 Å². The van der Waals surface area contributed by atoms with E-state index in [9.17, 15) is 4.79 Å². The molecule has 0 aromatic carbocycles. The van der Waals surface area contributed by atoms with Gasteiger partial charge >= 0.3 is 0 Å². The molecule has 4 heteroatoms. The highest BCUT2D eigenvalue weighted by atomic mass is 28.4. The lowest BCUT2D eigenvalue weighted by Crippen LogP contribution is -2.45. The molecule has 0 saturated heterocycles. The molecule has 0 radical (unpaired) electrons. The van der Waals surface area contributed by atoms with Gasteiger partial charge in [0.15, 0.2) is 14.1 Å². The first-order valence-corrected chi connectivity index (χ1v) is 8.32. The van der Waals surface area contributed by atoms with E-state index in [0.717, 1.165) is 0 Å². The smallest absolute Gasteiger partial charge is 0.193 e. The monoisotopic (exact) mass is 232 g/mol. The van der Waals surface area contributed by atoms with E-state index in [-0.39, 0.29) is 17.4 Å². The Bertz CT molecular complexity index is 218. The van der Waals surface area contributed by atoms with Crippen LogP contribution in [-0.4, -0.2) is 31.9 Å². The van der Waals surface area contributed by atoms with Crippen molar-refractivity contribution >= 4 is 14.1 Å². The van der Waals surface area contributed by atoms with Gasteiger partial charge in [-0.25, -0.2) is 0 Å². The zero-order valence-corrected chi connectivity index (χ0v) is 11.8. The van der Waals surface area contributed by atoms with Crippen LogP contribution < -0.4 is 0 Å². The van der Waals surface area contributed by atoms with E-state index in [1.54, 1.807) is 0 Å². The second-order valence-corrected chi connectivity index (χ2v) is 10.2. The Morgan fingerprint density at radius 2 is 1.87 bits per heavy atom. The maximum Gasteiger partial charge on any atom is 0.193 e. The van der Waals surface area contributed by atoms with E-state index in [4.69, 9.17) is 9.53 Å². The van der Waals surface area contributed by atoms with Gasteiger partial charge in [-0.1, -0.05) is 20.8 Å². The minimum atomic E-state index is -1.90. The van der Waals surface area contributed by atoms with Crippen LogP contribution in [0.3, 0.4) is 0 Å². The Hall–Kier alpha value is -0.193. The van der Waals surface area contributed by atoms with Crippen LogP contribution >= 0.6 is 0 Å². The SMILES string of the molecule is CC(=O)[C@H](CCO)O[Si](C)(C)C(C)(C)C. The van der Waals surface area contributed by atoms with Crippen LogP contribution in [0.1, 0.15) is 34.1 Å². The van der Waals surface area contributed by atoms with Crippen molar-refractivity contribution in [2.75, 3.05) is 6.61 Å². The molecule has 15 heavy (non-hydrogen) atoms. The fourth-order valence-electron chi connectivity index (χ4n) is 0.995. The van der Waals surface area contributed by atoms with Gasteiger partial charge in [-0.05, 0) is 25.1 Å². The molecule has 1 N–H and O–H groups in total. The van der Waals surface area contributed by atoms with Crippen molar-refractivity contribution in [3.63, 3.8) is 0 Å². The van der Waals surface area contributed by atoms with Crippen molar-refractivity contribution in [1.82, 2.24) is 0 Å². The lowest BCUT2D eigenvalue weighted by atomic mass is 10.2. The Kier molecular flexibility index (Phi) is 5.16. The topological polar surface area (TPSA) is 46.5 Å². The molecule has 0 bridgehead atoms. The quantitative estimate of drug-likeness (QED) is 0.740. The molecule has 0 spiro atoms. The van der Waals surface area contributed by atoms with Gasteiger partial charge in [0.25, 0.3) is 0 Å². The standard InChI is InChI=1S/C11H24O3Si/c1-9(13)10(7-8-12)14-15(5,6)11(2,3)4/h10,12H,7-8H2,1-6H3/t10-/m0/s1. The van der Waals surface area contributed by atoms with Gasteiger partial charge in [-0.3, -0.25) is 4.79 Å². The van der Waals surface area contributed by atoms with E-state index in [1.807, 2.05) is 0 Å². The van der Waals surface area contributed by atoms with E-state index < -0.39 is 14.4 Å². The average molecular weight is 232 g/mol. The third-order valence-corrected chi connectivity index (χ3v) is 7.57. The molecule has 0 aromatic heterocycles. The lowest BCUT2D eigenvalue weighted by molar-refractivity contribution is -0.124. The number of aliphatic hydroxyl groups is 1. The number of Topliss-reactive ketones (excluding diaryl/α,β-unsaturated/α-hetero) is 1. The number of rotatable bonds is 5. The molecule has 0 saturated carbocycles. The molecule has 0 aliphatic carbocycles. The fraction of sp³-hybridized carbons (Fsp3) is 0.909. The summed E-state index contributed by atoms with van der Waals surface area (Å²) in [5, 5.41) is 8.96. The van der Waals surface area contributed by atoms with Gasteiger partial charge in [0.1, 0.15) is 6.10 Å². The molecule has 0 aromatic rings. The minimum absolute atomic E-state index is 0.00112. The predicted octanol–water partition coefficient (Wildman–Crippen LogP) is 2.35. The Labute approximate surface area is 94.0 Å². The van der Waals surface area contributed by atoms with Crippen LogP contribution in [0.25, 0.3) is 0 Å². The van der Waals surface area contributed by atoms with Gasteiger partial charge < -0.3 is 9.53 Å². The molecule has 0 heterocycles. The number of aliphatic hydroxyl groups excluding tert-OH is 1. The van der Waals surface area contributed by atoms with Crippen molar-refractivity contribution in [2.24, 2.45) is 0 Å². The van der Waals surface area contributed by atoms with Gasteiger partial charge in [0.2, 0.25) is 0 Å². The van der Waals surface area contributed by atoms with Crippen LogP contribution in [0.2, 0.25) is 18.1 Å². The third-order valence-electron chi connectivity index (χ3n) is 3.09. The summed E-state index contributed by atoms with van der Waals surface area (Å²) in [6, 6.07) is 0. The largest absolute Gasteiger partial charge is 0.407 e. The van der Waals surface area contributed by atoms with Gasteiger partial charge in [0, 0.05) is 13.0 Å². The molecule has 3 nitrogen and oxygen atoms in total. The first-order valence-electron chi connectivity index (χ1n) is 5.41. The zero-order valence-electron chi connectivity index (χ0n) is 10.8. The van der Waals surface area contributed by atoms with Crippen molar-refractivity contribution in [1.29, 1.82) is 0 Å². The second-order valence-electron chi connectivity index (χ2n) is 5.49. The highest BCUT2D eigenvalue weighted by Gasteiger charge is 2.39. The van der Waals surface area contributed by atoms with Gasteiger partial charge in [-0.2, -0.15) is 0 Å². The van der Waals surface area contributed by atoms with Crippen LogP contribution in [0.4, 0.5) is 0 Å². The number of hydrogen-bond donors (Lipinski definition) is 1. The molecule has 0 aliphatic heterocycles. The summed E-state index contributed by atoms with van der Waals surface area (Å²) >= 11 is 0. The van der Waals surface area contributed by atoms with Crippen molar-refractivity contribution in [3.05, 3.63) is 0 Å². The number of ketones is 1. The minimum Gasteiger partial charge on any atom is -0.407 e. The maximum absolute atomic E-state index is 11.3. The number of hydrogen-bond acceptors (Lipinski definition) is 3. The molecule has 0 fully saturated rings. The molecular weight excluding hydrogens is 208 g/mol. The lowest BCUT2D eigenvalue weighted by Gasteiger charge is -2.38. The van der Waals surface area contributed by atoms with E-state index in [0.29, 0.717) is 6.42 Å². The summed E-state index contributed by atoms with van der Waals surface area (Å²) in [4.78, 5) is 11.3. The summed E-state index contributed by atoms with van der Waals surface area (Å²) < 4.78 is 5.93. The van der Waals surface area contributed by atoms with Crippen molar-refractivity contribution in [2.45, 2.75) is 58.4 Å². The molecule has 0 rings (SSSR count). The number of carbonyl (C=O) groups is 1. The number of carbonyl (C=O) groups excluding carboxylic acids is 1. The van der Waals surface area contributed by atoms with Gasteiger partial charge in [-0.15, -0.1) is 0 Å². The highest BCUT2D eigenvalue weighted by molar-refractivity contribution is 6.74. The second kappa shape index (κ2) is 5.23. The van der Waals surface area contributed by atoms with Crippen LogP contribution in [0.5, 0.6) is 0 Å². The van der Waals surface area contributed by atoms with Crippen molar-refractivity contribution < 1.29 is 14.3 Å². The summed E-state index contributed by atoms with van der Waals surface area (Å²) in [5.41, 5.74) is 0. The normalized spacial score (nSPS) is 15.1. The molecule has 1 atom stereocenters. The summed E-state index contributed by atoms with van der Waals surface area (Å²) in [6.45, 7) is 12.1. The zero-order chi connectivity index (χ0) is 12.3. The Morgan fingerprint density at radius 1 is 1.40 bits per heavy atom. The predicted molar refractivity (Wildman–Crippen MR) is 64.5 cm³/mol. The summed E-state index contributed by atoms with van der Waals surface area (Å²) in [7, 11) is -1.90. The van der Waals surface area contributed by atoms with Crippen molar-refractivity contribution in [3.8, 4) is 0 Å². The maximum atomic E-state index is 11.3. The molecule has 0 unspecified atom stereocenters. The fourth-order valence-corrected chi connectivity index (χ4v) is 2.34. The Morgan fingerprint density at radius 3 is 2.13 bits per heavy atom. The van der Waals surface area contributed by atoms with Gasteiger partial charge in [0.05, 0.1) is 0 Å². The molecule has 0 amide bonds. The first kappa shape index (κ1) is 14.8. The van der Waals surface area contributed by atoms with E-state index in [1.165, 1.54) is 6.92 Å². The van der Waals surface area contributed by atoms with Crippen LogP contribution in [0.15, 0.2) is 0 Å². The van der Waals surface area contributed by atoms with Crippen LogP contribution in [-0.2, 0) is 9.22 Å². The Balaban J connectivity index is 4.59. The first-order chi connectivity index (χ1) is 6.62. The van der Waals surface area contributed by atoms with E-state index in [2.05, 4.69) is 33.9 Å². The third kappa shape index (κ3) is 4.45. The molecular formula is C11H24O3Si. The van der Waals surface area contributed by atoms with E-state index >= 15 is 0 Å². The summed E-state index contributed by atoms with van der Waals surface area (Å²) in [5.74, 6) is 0.00822. The molecule has 90 valence electrons. The summed E-state index contributed by atoms with van der Waals surface area (Å²) in [6.07, 6.45) is -0.0298. The highest BCUT2D eigenvalue weighted by Crippen LogP contribution is 2.37. The molecule has 0 aliphatic rings.